The smallest absolute Gasteiger partial charge is 0.302 e. The number of hydrogen-bond donors (Lipinski definition) is 1. The number of rotatable bonds is 4. The van der Waals surface area contributed by atoms with Crippen LogP contribution in [0.15, 0.2) is 11.6 Å². The molecule has 0 spiro atoms. The zero-order valence-corrected chi connectivity index (χ0v) is 19.9. The largest absolute Gasteiger partial charge is 0.463 e. The van der Waals surface area contributed by atoms with E-state index < -0.39 is 5.60 Å². The zero-order valence-electron chi connectivity index (χ0n) is 19.9. The molecule has 8 atom stereocenters. The Morgan fingerprint density at radius 2 is 1.84 bits per heavy atom. The standard InChI is InChI=1S/C26H40O5/c1-16(27)30-15-26(5,29)23-9-8-21-20-7-6-18-14-19(31-17(2)28)10-12-24(18,3)22(20)11-13-25(21,23)4/h6,19-23,29H,7-15H2,1-5H3/t19-,20-,21-,22-,23-,24-,25-,26+/m0/s1. The normalized spacial score (nSPS) is 43.5. The fraction of sp³-hybridized carbons (Fsp3) is 0.846. The SMILES string of the molecule is CC(=O)OC[C@@](C)(O)[C@H]1CC[C@H]2[C@@H]3CC=C4C[C@@H](OC(C)=O)CC[C@]4(C)[C@H]3CC[C@@]21C. The molecular weight excluding hydrogens is 392 g/mol. The summed E-state index contributed by atoms with van der Waals surface area (Å²) in [7, 11) is 0. The number of carbonyl (C=O) groups is 2. The summed E-state index contributed by atoms with van der Waals surface area (Å²) in [6.07, 6.45) is 11.0. The van der Waals surface area contributed by atoms with E-state index in [0.717, 1.165) is 44.9 Å². The number of hydrogen-bond acceptors (Lipinski definition) is 5. The summed E-state index contributed by atoms with van der Waals surface area (Å²) in [4.78, 5) is 22.8. The third kappa shape index (κ3) is 3.85. The van der Waals surface area contributed by atoms with Gasteiger partial charge in [0.25, 0.3) is 0 Å². The fourth-order valence-electron chi connectivity index (χ4n) is 8.33. The molecule has 5 nitrogen and oxygen atoms in total. The van der Waals surface area contributed by atoms with Gasteiger partial charge in [-0.25, -0.2) is 0 Å². The third-order valence-electron chi connectivity index (χ3n) is 9.71. The van der Waals surface area contributed by atoms with E-state index in [2.05, 4.69) is 19.9 Å². The molecule has 4 aliphatic carbocycles. The Bertz CT molecular complexity index is 770. The molecule has 0 bridgehead atoms. The van der Waals surface area contributed by atoms with E-state index in [9.17, 15) is 14.7 Å². The molecule has 0 unspecified atom stereocenters. The van der Waals surface area contributed by atoms with E-state index in [1.165, 1.54) is 25.8 Å². The minimum Gasteiger partial charge on any atom is -0.463 e. The van der Waals surface area contributed by atoms with Crippen LogP contribution in [0.1, 0.15) is 86.0 Å². The van der Waals surface area contributed by atoms with Gasteiger partial charge >= 0.3 is 11.9 Å². The van der Waals surface area contributed by atoms with Crippen molar-refractivity contribution in [3.05, 3.63) is 11.6 Å². The molecule has 174 valence electrons. The zero-order chi connectivity index (χ0) is 22.6. The number of aliphatic hydroxyl groups is 1. The average Bonchev–Trinajstić information content (AvgIpc) is 3.04. The molecule has 0 aliphatic heterocycles. The molecule has 0 amide bonds. The Morgan fingerprint density at radius 1 is 1.10 bits per heavy atom. The lowest BCUT2D eigenvalue weighted by atomic mass is 9.47. The molecule has 4 rings (SSSR count). The summed E-state index contributed by atoms with van der Waals surface area (Å²) in [5, 5.41) is 11.3. The summed E-state index contributed by atoms with van der Waals surface area (Å²) in [6, 6.07) is 0. The topological polar surface area (TPSA) is 72.8 Å². The maximum absolute atomic E-state index is 11.4. The van der Waals surface area contributed by atoms with Crippen molar-refractivity contribution in [1.29, 1.82) is 0 Å². The number of ether oxygens (including phenoxy) is 2. The first-order valence-electron chi connectivity index (χ1n) is 12.2. The monoisotopic (exact) mass is 432 g/mol. The Balaban J connectivity index is 1.54. The molecule has 0 aromatic rings. The van der Waals surface area contributed by atoms with Crippen molar-refractivity contribution < 1.29 is 24.2 Å². The second kappa shape index (κ2) is 7.90. The lowest BCUT2D eigenvalue weighted by Crippen LogP contribution is -2.54. The van der Waals surface area contributed by atoms with E-state index in [1.54, 1.807) is 0 Å². The van der Waals surface area contributed by atoms with Gasteiger partial charge in [0, 0.05) is 20.3 Å². The van der Waals surface area contributed by atoms with Crippen molar-refractivity contribution in [3.8, 4) is 0 Å². The molecule has 3 saturated carbocycles. The second-order valence-electron chi connectivity index (χ2n) is 11.5. The van der Waals surface area contributed by atoms with Crippen molar-refractivity contribution in [2.24, 2.45) is 34.5 Å². The van der Waals surface area contributed by atoms with Crippen molar-refractivity contribution >= 4 is 11.9 Å². The maximum Gasteiger partial charge on any atom is 0.302 e. The highest BCUT2D eigenvalue weighted by Crippen LogP contribution is 2.67. The van der Waals surface area contributed by atoms with Gasteiger partial charge < -0.3 is 14.6 Å². The predicted molar refractivity (Wildman–Crippen MR) is 118 cm³/mol. The molecular formula is C26H40O5. The molecule has 0 aromatic carbocycles. The van der Waals surface area contributed by atoms with Crippen LogP contribution in [0.25, 0.3) is 0 Å². The molecule has 1 N–H and O–H groups in total. The quantitative estimate of drug-likeness (QED) is 0.510. The van der Waals surface area contributed by atoms with Crippen LogP contribution < -0.4 is 0 Å². The van der Waals surface area contributed by atoms with E-state index in [1.807, 2.05) is 6.92 Å². The number of allylic oxidation sites excluding steroid dienone is 1. The molecule has 0 aromatic heterocycles. The summed E-state index contributed by atoms with van der Waals surface area (Å²) in [5.74, 6) is 1.57. The number of esters is 2. The van der Waals surface area contributed by atoms with E-state index >= 15 is 0 Å². The Hall–Kier alpha value is -1.36. The maximum atomic E-state index is 11.4. The summed E-state index contributed by atoms with van der Waals surface area (Å²) in [5.41, 5.74) is 0.816. The molecule has 5 heteroatoms. The molecule has 4 aliphatic rings. The minimum absolute atomic E-state index is 0.0365. The first kappa shape index (κ1) is 22.8. The van der Waals surface area contributed by atoms with Crippen LogP contribution in [0.5, 0.6) is 0 Å². The van der Waals surface area contributed by atoms with Crippen LogP contribution >= 0.6 is 0 Å². The van der Waals surface area contributed by atoms with Gasteiger partial charge in [-0.3, -0.25) is 9.59 Å². The van der Waals surface area contributed by atoms with E-state index in [4.69, 9.17) is 9.47 Å². The van der Waals surface area contributed by atoms with Gasteiger partial charge in [-0.1, -0.05) is 25.5 Å². The summed E-state index contributed by atoms with van der Waals surface area (Å²) in [6.45, 7) is 9.69. The van der Waals surface area contributed by atoms with Gasteiger partial charge in [-0.05, 0) is 86.4 Å². The van der Waals surface area contributed by atoms with Gasteiger partial charge in [-0.2, -0.15) is 0 Å². The van der Waals surface area contributed by atoms with Crippen molar-refractivity contribution in [3.63, 3.8) is 0 Å². The van der Waals surface area contributed by atoms with Gasteiger partial charge in [0.15, 0.2) is 0 Å². The number of fused-ring (bicyclic) bond motifs is 5. The van der Waals surface area contributed by atoms with Crippen molar-refractivity contribution in [2.45, 2.75) is 97.7 Å². The highest BCUT2D eigenvalue weighted by atomic mass is 16.5. The van der Waals surface area contributed by atoms with Crippen LogP contribution in [-0.4, -0.2) is 35.4 Å². The van der Waals surface area contributed by atoms with Crippen LogP contribution in [0.2, 0.25) is 0 Å². The van der Waals surface area contributed by atoms with Gasteiger partial charge in [0.05, 0.1) is 5.60 Å². The lowest BCUT2D eigenvalue weighted by molar-refractivity contribution is -0.159. The Labute approximate surface area is 186 Å². The van der Waals surface area contributed by atoms with Crippen LogP contribution in [-0.2, 0) is 19.1 Å². The van der Waals surface area contributed by atoms with Crippen molar-refractivity contribution in [1.82, 2.24) is 0 Å². The van der Waals surface area contributed by atoms with E-state index in [0.29, 0.717) is 17.8 Å². The highest BCUT2D eigenvalue weighted by molar-refractivity contribution is 5.66. The van der Waals surface area contributed by atoms with Crippen LogP contribution in [0.4, 0.5) is 0 Å². The van der Waals surface area contributed by atoms with Gasteiger partial charge in [-0.15, -0.1) is 0 Å². The van der Waals surface area contributed by atoms with Crippen LogP contribution in [0.3, 0.4) is 0 Å². The molecule has 31 heavy (non-hydrogen) atoms. The Morgan fingerprint density at radius 3 is 2.52 bits per heavy atom. The number of carbonyl (C=O) groups excluding carboxylic acids is 2. The molecule has 0 radical (unpaired) electrons. The highest BCUT2D eigenvalue weighted by Gasteiger charge is 2.61. The molecule has 0 heterocycles. The first-order chi connectivity index (χ1) is 14.5. The summed E-state index contributed by atoms with van der Waals surface area (Å²) < 4.78 is 10.8. The lowest BCUT2D eigenvalue weighted by Gasteiger charge is -2.58. The van der Waals surface area contributed by atoms with Crippen molar-refractivity contribution in [2.75, 3.05) is 6.61 Å². The van der Waals surface area contributed by atoms with Gasteiger partial charge in [0.2, 0.25) is 0 Å². The van der Waals surface area contributed by atoms with Gasteiger partial charge in [0.1, 0.15) is 12.7 Å². The Kier molecular flexibility index (Phi) is 5.81. The second-order valence-corrected chi connectivity index (χ2v) is 11.5. The molecule has 3 fully saturated rings. The minimum atomic E-state index is -0.982. The summed E-state index contributed by atoms with van der Waals surface area (Å²) >= 11 is 0. The van der Waals surface area contributed by atoms with E-state index in [-0.39, 0.29) is 41.4 Å². The molecule has 0 saturated heterocycles. The first-order valence-corrected chi connectivity index (χ1v) is 12.2. The third-order valence-corrected chi connectivity index (χ3v) is 9.71. The van der Waals surface area contributed by atoms with Crippen LogP contribution in [0, 0.1) is 34.5 Å². The average molecular weight is 433 g/mol. The predicted octanol–water partition coefficient (Wildman–Crippen LogP) is 4.81. The fourth-order valence-corrected chi connectivity index (χ4v) is 8.33.